The SMILES string of the molecule is Cc1ccc2c(c1)c(=O)n(C)c1nnc(COC(=O)CCc3ccc(F)cc3)n21. The van der Waals surface area contributed by atoms with Crippen LogP contribution in [0.4, 0.5) is 4.39 Å². The van der Waals surface area contributed by atoms with Crippen LogP contribution in [0, 0.1) is 12.7 Å². The topological polar surface area (TPSA) is 78.5 Å². The number of rotatable bonds is 5. The van der Waals surface area contributed by atoms with Gasteiger partial charge >= 0.3 is 5.97 Å². The Labute approximate surface area is 165 Å². The molecule has 0 aliphatic carbocycles. The van der Waals surface area contributed by atoms with Crippen molar-refractivity contribution in [2.45, 2.75) is 26.4 Å². The van der Waals surface area contributed by atoms with Gasteiger partial charge in [-0.3, -0.25) is 18.6 Å². The molecule has 7 nitrogen and oxygen atoms in total. The maximum absolute atomic E-state index is 12.9. The monoisotopic (exact) mass is 394 g/mol. The molecule has 2 heterocycles. The molecule has 0 aliphatic rings. The predicted octanol–water partition coefficient (Wildman–Crippen LogP) is 2.70. The van der Waals surface area contributed by atoms with E-state index in [2.05, 4.69) is 10.2 Å². The van der Waals surface area contributed by atoms with E-state index in [1.807, 2.05) is 25.1 Å². The second-order valence-electron chi connectivity index (χ2n) is 6.92. The van der Waals surface area contributed by atoms with Crippen molar-refractivity contribution in [2.75, 3.05) is 0 Å². The van der Waals surface area contributed by atoms with Gasteiger partial charge < -0.3 is 4.74 Å². The van der Waals surface area contributed by atoms with Crippen LogP contribution in [-0.4, -0.2) is 25.1 Å². The lowest BCUT2D eigenvalue weighted by atomic mass is 10.1. The normalized spacial score (nSPS) is 11.3. The number of fused-ring (bicyclic) bond motifs is 3. The van der Waals surface area contributed by atoms with Crippen molar-refractivity contribution >= 4 is 22.6 Å². The average molecular weight is 394 g/mol. The van der Waals surface area contributed by atoms with Crippen LogP contribution in [0.1, 0.15) is 23.4 Å². The van der Waals surface area contributed by atoms with E-state index in [-0.39, 0.29) is 24.4 Å². The predicted molar refractivity (Wildman–Crippen MR) is 105 cm³/mol. The fraction of sp³-hybridized carbons (Fsp3) is 0.238. The van der Waals surface area contributed by atoms with Crippen LogP contribution in [0.5, 0.6) is 0 Å². The minimum absolute atomic E-state index is 0.0649. The number of hydrogen-bond acceptors (Lipinski definition) is 5. The van der Waals surface area contributed by atoms with E-state index in [1.165, 1.54) is 16.7 Å². The molecule has 0 N–H and O–H groups in total. The third-order valence-corrected chi connectivity index (χ3v) is 4.83. The zero-order valence-corrected chi connectivity index (χ0v) is 16.1. The van der Waals surface area contributed by atoms with Crippen LogP contribution in [0.3, 0.4) is 0 Å². The minimum atomic E-state index is -0.393. The number of hydrogen-bond donors (Lipinski definition) is 0. The third-order valence-electron chi connectivity index (χ3n) is 4.83. The molecular formula is C21H19FN4O3. The molecule has 0 radical (unpaired) electrons. The molecule has 0 atom stereocenters. The Balaban J connectivity index is 1.55. The van der Waals surface area contributed by atoms with Crippen molar-refractivity contribution in [1.29, 1.82) is 0 Å². The molecule has 2 aromatic heterocycles. The first-order valence-electron chi connectivity index (χ1n) is 9.17. The van der Waals surface area contributed by atoms with Crippen molar-refractivity contribution in [3.63, 3.8) is 0 Å². The van der Waals surface area contributed by atoms with E-state index in [4.69, 9.17) is 4.74 Å². The van der Waals surface area contributed by atoms with E-state index in [1.54, 1.807) is 23.6 Å². The second-order valence-corrected chi connectivity index (χ2v) is 6.92. The number of aromatic nitrogens is 4. The molecule has 8 heteroatoms. The van der Waals surface area contributed by atoms with Crippen molar-refractivity contribution in [3.8, 4) is 0 Å². The molecule has 0 amide bonds. The summed E-state index contributed by atoms with van der Waals surface area (Å²) >= 11 is 0. The molecule has 0 saturated carbocycles. The first-order chi connectivity index (χ1) is 13.9. The Morgan fingerprint density at radius 1 is 1.14 bits per heavy atom. The molecule has 4 rings (SSSR count). The Kier molecular flexibility index (Phi) is 4.84. The molecule has 0 spiro atoms. The summed E-state index contributed by atoms with van der Waals surface area (Å²) in [6.07, 6.45) is 0.622. The van der Waals surface area contributed by atoms with Gasteiger partial charge in [-0.2, -0.15) is 0 Å². The van der Waals surface area contributed by atoms with Crippen LogP contribution in [0.2, 0.25) is 0 Å². The Morgan fingerprint density at radius 2 is 1.90 bits per heavy atom. The van der Waals surface area contributed by atoms with Crippen molar-refractivity contribution in [2.24, 2.45) is 7.05 Å². The molecule has 0 saturated heterocycles. The quantitative estimate of drug-likeness (QED) is 0.487. The van der Waals surface area contributed by atoms with E-state index >= 15 is 0 Å². The number of halogens is 1. The highest BCUT2D eigenvalue weighted by molar-refractivity contribution is 5.81. The van der Waals surface area contributed by atoms with Gasteiger partial charge in [0.25, 0.3) is 5.56 Å². The largest absolute Gasteiger partial charge is 0.457 e. The Hall–Kier alpha value is -3.55. The lowest BCUT2D eigenvalue weighted by Crippen LogP contribution is -2.20. The zero-order valence-electron chi connectivity index (χ0n) is 16.1. The molecule has 4 aromatic rings. The van der Waals surface area contributed by atoms with Crippen LogP contribution in [0.15, 0.2) is 47.3 Å². The van der Waals surface area contributed by atoms with Gasteiger partial charge in [0.1, 0.15) is 5.82 Å². The summed E-state index contributed by atoms with van der Waals surface area (Å²) in [6.45, 7) is 1.85. The fourth-order valence-corrected chi connectivity index (χ4v) is 3.27. The van der Waals surface area contributed by atoms with Gasteiger partial charge in [0.2, 0.25) is 5.78 Å². The summed E-state index contributed by atoms with van der Waals surface area (Å²) in [4.78, 5) is 24.7. The number of carbonyl (C=O) groups is 1. The van der Waals surface area contributed by atoms with Crippen LogP contribution in [0.25, 0.3) is 16.7 Å². The maximum atomic E-state index is 12.9. The van der Waals surface area contributed by atoms with Gasteiger partial charge in [-0.05, 0) is 43.2 Å². The molecule has 0 bridgehead atoms. The molecule has 2 aromatic carbocycles. The van der Waals surface area contributed by atoms with Gasteiger partial charge in [-0.25, -0.2) is 4.39 Å². The first kappa shape index (κ1) is 18.8. The molecular weight excluding hydrogens is 375 g/mol. The molecule has 0 fully saturated rings. The number of ether oxygens (including phenoxy) is 1. The molecule has 148 valence electrons. The summed E-state index contributed by atoms with van der Waals surface area (Å²) in [6, 6.07) is 11.6. The van der Waals surface area contributed by atoms with E-state index in [0.29, 0.717) is 28.9 Å². The average Bonchev–Trinajstić information content (AvgIpc) is 3.14. The summed E-state index contributed by atoms with van der Waals surface area (Å²) in [5, 5.41) is 8.73. The highest BCUT2D eigenvalue weighted by atomic mass is 19.1. The van der Waals surface area contributed by atoms with E-state index in [0.717, 1.165) is 11.1 Å². The fourth-order valence-electron chi connectivity index (χ4n) is 3.27. The van der Waals surface area contributed by atoms with E-state index < -0.39 is 5.97 Å². The van der Waals surface area contributed by atoms with Gasteiger partial charge in [0, 0.05) is 13.5 Å². The summed E-state index contributed by atoms with van der Waals surface area (Å²) < 4.78 is 21.5. The van der Waals surface area contributed by atoms with Gasteiger partial charge in [-0.15, -0.1) is 10.2 Å². The van der Waals surface area contributed by atoms with Crippen LogP contribution < -0.4 is 5.56 Å². The lowest BCUT2D eigenvalue weighted by molar-refractivity contribution is -0.145. The van der Waals surface area contributed by atoms with Gasteiger partial charge in [0.05, 0.1) is 10.9 Å². The van der Waals surface area contributed by atoms with Crippen molar-refractivity contribution < 1.29 is 13.9 Å². The smallest absolute Gasteiger partial charge is 0.306 e. The number of esters is 1. The third kappa shape index (κ3) is 3.61. The number of nitrogens with zero attached hydrogens (tertiary/aromatic N) is 4. The van der Waals surface area contributed by atoms with Gasteiger partial charge in [-0.1, -0.05) is 23.8 Å². The highest BCUT2D eigenvalue weighted by Gasteiger charge is 2.16. The summed E-state index contributed by atoms with van der Waals surface area (Å²) in [7, 11) is 1.63. The zero-order chi connectivity index (χ0) is 20.5. The molecule has 29 heavy (non-hydrogen) atoms. The second kappa shape index (κ2) is 7.46. The number of carbonyl (C=O) groups excluding carboxylic acids is 1. The molecule has 0 unspecified atom stereocenters. The Bertz CT molecular complexity index is 1280. The lowest BCUT2D eigenvalue weighted by Gasteiger charge is -2.09. The Morgan fingerprint density at radius 3 is 2.66 bits per heavy atom. The number of aryl methyl sites for hydroxylation is 3. The van der Waals surface area contributed by atoms with Crippen molar-refractivity contribution in [1.82, 2.24) is 19.2 Å². The molecule has 0 aliphatic heterocycles. The van der Waals surface area contributed by atoms with E-state index in [9.17, 15) is 14.0 Å². The minimum Gasteiger partial charge on any atom is -0.457 e. The first-order valence-corrected chi connectivity index (χ1v) is 9.17. The maximum Gasteiger partial charge on any atom is 0.306 e. The van der Waals surface area contributed by atoms with Crippen molar-refractivity contribution in [3.05, 3.63) is 75.6 Å². The standard InChI is InChI=1S/C21H19FN4O3/c1-13-3-9-17-16(11-13)20(28)25(2)21-24-23-18(26(17)21)12-29-19(27)10-6-14-4-7-15(22)8-5-14/h3-5,7-9,11H,6,10,12H2,1-2H3. The van der Waals surface area contributed by atoms with Crippen LogP contribution in [-0.2, 0) is 29.6 Å². The highest BCUT2D eigenvalue weighted by Crippen LogP contribution is 2.16. The van der Waals surface area contributed by atoms with Gasteiger partial charge in [0.15, 0.2) is 12.4 Å². The number of benzene rings is 2. The summed E-state index contributed by atoms with van der Waals surface area (Å²) in [5.74, 6) is 0.103. The van der Waals surface area contributed by atoms with Crippen LogP contribution >= 0.6 is 0 Å². The summed E-state index contributed by atoms with van der Waals surface area (Å²) in [5.41, 5.74) is 2.32.